The van der Waals surface area contributed by atoms with Crippen LogP contribution in [0.5, 0.6) is 0 Å². The van der Waals surface area contributed by atoms with Crippen LogP contribution in [0, 0.1) is 5.41 Å². The zero-order valence-electron chi connectivity index (χ0n) is 15.0. The van der Waals surface area contributed by atoms with Crippen LogP contribution in [-0.4, -0.2) is 24.4 Å². The number of amides is 2. The van der Waals surface area contributed by atoms with E-state index in [-0.39, 0.29) is 30.3 Å². The van der Waals surface area contributed by atoms with E-state index < -0.39 is 5.41 Å². The van der Waals surface area contributed by atoms with E-state index in [0.717, 1.165) is 19.3 Å². The van der Waals surface area contributed by atoms with Crippen molar-refractivity contribution in [3.8, 4) is 0 Å². The maximum absolute atomic E-state index is 12.5. The first-order valence-electron chi connectivity index (χ1n) is 8.21. The molecule has 0 aliphatic rings. The molecule has 0 aliphatic carbocycles. The van der Waals surface area contributed by atoms with Gasteiger partial charge in [0.2, 0.25) is 5.91 Å². The van der Waals surface area contributed by atoms with E-state index in [1.54, 1.807) is 24.3 Å². The number of nitrogens with two attached hydrogens (primary N) is 1. The molecular weight excluding hydrogens is 326 g/mol. The minimum atomic E-state index is -0.523. The first-order chi connectivity index (χ1) is 10.8. The highest BCUT2D eigenvalue weighted by Crippen LogP contribution is 2.20. The highest BCUT2D eigenvalue weighted by molar-refractivity contribution is 6.04. The molecule has 4 N–H and O–H groups in total. The summed E-state index contributed by atoms with van der Waals surface area (Å²) < 4.78 is 0. The molecule has 1 atom stereocenters. The summed E-state index contributed by atoms with van der Waals surface area (Å²) in [4.78, 5) is 24.7. The first-order valence-corrected chi connectivity index (χ1v) is 8.21. The standard InChI is InChI=1S/C18H29N3O2.ClH/c1-5-6-9-13(12-19)20-16(22)14-10-7-8-11-15(14)21-17(23)18(2,3)4;/h7-8,10-11,13H,5-6,9,12,19H2,1-4H3,(H,20,22)(H,21,23);1H. The van der Waals surface area contributed by atoms with Gasteiger partial charge in [-0.3, -0.25) is 9.59 Å². The van der Waals surface area contributed by atoms with Gasteiger partial charge in [-0.15, -0.1) is 12.4 Å². The molecule has 24 heavy (non-hydrogen) atoms. The average molecular weight is 356 g/mol. The Labute approximate surface area is 151 Å². The second-order valence-corrected chi connectivity index (χ2v) is 6.80. The molecule has 1 aromatic carbocycles. The number of carbonyl (C=O) groups excluding carboxylic acids is 2. The number of hydrogen-bond donors (Lipinski definition) is 3. The molecule has 0 aliphatic heterocycles. The molecule has 6 heteroatoms. The molecule has 0 radical (unpaired) electrons. The van der Waals surface area contributed by atoms with Crippen LogP contribution in [0.25, 0.3) is 0 Å². The Morgan fingerprint density at radius 3 is 2.38 bits per heavy atom. The van der Waals surface area contributed by atoms with E-state index in [1.807, 2.05) is 20.8 Å². The van der Waals surface area contributed by atoms with Crippen molar-refractivity contribution in [2.75, 3.05) is 11.9 Å². The third kappa shape index (κ3) is 6.89. The number of hydrogen-bond acceptors (Lipinski definition) is 3. The van der Waals surface area contributed by atoms with Crippen LogP contribution in [0.4, 0.5) is 5.69 Å². The number of rotatable bonds is 7. The molecular formula is C18H30ClN3O2. The van der Waals surface area contributed by atoms with E-state index in [0.29, 0.717) is 17.8 Å². The summed E-state index contributed by atoms with van der Waals surface area (Å²) in [5.74, 6) is -0.333. The Hall–Kier alpha value is -1.59. The highest BCUT2D eigenvalue weighted by Gasteiger charge is 2.23. The van der Waals surface area contributed by atoms with Gasteiger partial charge in [0.1, 0.15) is 0 Å². The van der Waals surface area contributed by atoms with E-state index >= 15 is 0 Å². The van der Waals surface area contributed by atoms with Gasteiger partial charge in [0, 0.05) is 18.0 Å². The van der Waals surface area contributed by atoms with Crippen molar-refractivity contribution in [3.05, 3.63) is 29.8 Å². The van der Waals surface area contributed by atoms with Crippen molar-refractivity contribution in [1.29, 1.82) is 0 Å². The lowest BCUT2D eigenvalue weighted by atomic mass is 9.95. The van der Waals surface area contributed by atoms with E-state index in [4.69, 9.17) is 5.73 Å². The SMILES string of the molecule is CCCCC(CN)NC(=O)c1ccccc1NC(=O)C(C)(C)C.Cl. The summed E-state index contributed by atoms with van der Waals surface area (Å²) in [7, 11) is 0. The van der Waals surface area contributed by atoms with E-state index in [2.05, 4.69) is 17.6 Å². The van der Waals surface area contributed by atoms with Crippen LogP contribution in [0.2, 0.25) is 0 Å². The number of halogens is 1. The zero-order chi connectivity index (χ0) is 17.5. The first kappa shape index (κ1) is 22.4. The fourth-order valence-electron chi connectivity index (χ4n) is 2.06. The van der Waals surface area contributed by atoms with Crippen LogP contribution >= 0.6 is 12.4 Å². The lowest BCUT2D eigenvalue weighted by Gasteiger charge is -2.21. The number of anilines is 1. The van der Waals surface area contributed by atoms with Crippen LogP contribution in [-0.2, 0) is 4.79 Å². The summed E-state index contributed by atoms with van der Waals surface area (Å²) in [5.41, 5.74) is 6.19. The minimum Gasteiger partial charge on any atom is -0.348 e. The lowest BCUT2D eigenvalue weighted by Crippen LogP contribution is -2.40. The number of benzene rings is 1. The fourth-order valence-corrected chi connectivity index (χ4v) is 2.06. The summed E-state index contributed by atoms with van der Waals surface area (Å²) in [6.45, 7) is 8.01. The van der Waals surface area contributed by atoms with Gasteiger partial charge in [-0.05, 0) is 18.6 Å². The lowest BCUT2D eigenvalue weighted by molar-refractivity contribution is -0.123. The molecule has 0 bridgehead atoms. The van der Waals surface area contributed by atoms with Crippen LogP contribution < -0.4 is 16.4 Å². The molecule has 1 unspecified atom stereocenters. The second-order valence-electron chi connectivity index (χ2n) is 6.80. The normalized spacial score (nSPS) is 12.0. The Balaban J connectivity index is 0.00000529. The van der Waals surface area contributed by atoms with Gasteiger partial charge in [0.15, 0.2) is 0 Å². The van der Waals surface area contributed by atoms with Crippen molar-refractivity contribution in [2.45, 2.75) is 53.0 Å². The molecule has 1 rings (SSSR count). The van der Waals surface area contributed by atoms with Crippen molar-refractivity contribution >= 4 is 29.9 Å². The Morgan fingerprint density at radius 2 is 1.83 bits per heavy atom. The zero-order valence-corrected chi connectivity index (χ0v) is 15.8. The number of carbonyl (C=O) groups is 2. The smallest absolute Gasteiger partial charge is 0.253 e. The van der Waals surface area contributed by atoms with Gasteiger partial charge in [-0.2, -0.15) is 0 Å². The molecule has 0 saturated carbocycles. The third-order valence-electron chi connectivity index (χ3n) is 3.63. The fraction of sp³-hybridized carbons (Fsp3) is 0.556. The monoisotopic (exact) mass is 355 g/mol. The van der Waals surface area contributed by atoms with E-state index in [9.17, 15) is 9.59 Å². The van der Waals surface area contributed by atoms with Crippen LogP contribution in [0.15, 0.2) is 24.3 Å². The van der Waals surface area contributed by atoms with Gasteiger partial charge in [0.25, 0.3) is 5.91 Å². The molecule has 0 fully saturated rings. The molecule has 2 amide bonds. The Morgan fingerprint density at radius 1 is 1.21 bits per heavy atom. The summed E-state index contributed by atoms with van der Waals surface area (Å²) >= 11 is 0. The molecule has 0 saturated heterocycles. The summed E-state index contributed by atoms with van der Waals surface area (Å²) in [6, 6.07) is 6.98. The predicted octanol–water partition coefficient (Wildman–Crippen LogP) is 3.34. The maximum atomic E-state index is 12.5. The van der Waals surface area contributed by atoms with Gasteiger partial charge in [-0.1, -0.05) is 52.7 Å². The number of nitrogens with one attached hydrogen (secondary N) is 2. The number of unbranched alkanes of at least 4 members (excludes halogenated alkanes) is 1. The quantitative estimate of drug-likeness (QED) is 0.701. The third-order valence-corrected chi connectivity index (χ3v) is 3.63. The summed E-state index contributed by atoms with van der Waals surface area (Å²) in [5, 5.41) is 5.79. The predicted molar refractivity (Wildman–Crippen MR) is 102 cm³/mol. The van der Waals surface area contributed by atoms with Crippen molar-refractivity contribution < 1.29 is 9.59 Å². The van der Waals surface area contributed by atoms with Crippen LogP contribution in [0.3, 0.4) is 0 Å². The molecule has 1 aromatic rings. The highest BCUT2D eigenvalue weighted by atomic mass is 35.5. The van der Waals surface area contributed by atoms with Crippen molar-refractivity contribution in [2.24, 2.45) is 11.1 Å². The van der Waals surface area contributed by atoms with Crippen LogP contribution in [0.1, 0.15) is 57.3 Å². The molecule has 136 valence electrons. The Kier molecular flexibility index (Phi) is 9.63. The number of para-hydroxylation sites is 1. The van der Waals surface area contributed by atoms with Crippen molar-refractivity contribution in [1.82, 2.24) is 5.32 Å². The minimum absolute atomic E-state index is 0. The van der Waals surface area contributed by atoms with Crippen molar-refractivity contribution in [3.63, 3.8) is 0 Å². The van der Waals surface area contributed by atoms with Gasteiger partial charge < -0.3 is 16.4 Å². The molecule has 5 nitrogen and oxygen atoms in total. The van der Waals surface area contributed by atoms with Gasteiger partial charge in [0.05, 0.1) is 11.3 Å². The van der Waals surface area contributed by atoms with Gasteiger partial charge in [-0.25, -0.2) is 0 Å². The molecule has 0 heterocycles. The molecule has 0 aromatic heterocycles. The van der Waals surface area contributed by atoms with E-state index in [1.165, 1.54) is 0 Å². The maximum Gasteiger partial charge on any atom is 0.253 e. The Bertz CT molecular complexity index is 541. The largest absolute Gasteiger partial charge is 0.348 e. The molecule has 0 spiro atoms. The summed E-state index contributed by atoms with van der Waals surface area (Å²) in [6.07, 6.45) is 2.93. The topological polar surface area (TPSA) is 84.2 Å². The average Bonchev–Trinajstić information content (AvgIpc) is 2.50. The van der Waals surface area contributed by atoms with Gasteiger partial charge >= 0.3 is 0 Å². The second kappa shape index (κ2) is 10.3.